The Balaban J connectivity index is 1.93. The van der Waals surface area contributed by atoms with E-state index in [1.54, 1.807) is 0 Å². The zero-order valence-corrected chi connectivity index (χ0v) is 13.0. The molecule has 1 aliphatic heterocycles. The number of pyridine rings is 1. The lowest BCUT2D eigenvalue weighted by atomic mass is 10.1. The van der Waals surface area contributed by atoms with Crippen LogP contribution in [0.25, 0.3) is 0 Å². The molecule has 0 aromatic carbocycles. The van der Waals surface area contributed by atoms with Crippen LogP contribution >= 0.6 is 0 Å². The Hall–Kier alpha value is -1.18. The third-order valence-electron chi connectivity index (χ3n) is 3.49. The number of nitrogens with zero attached hydrogens (tertiary/aromatic N) is 3. The van der Waals surface area contributed by atoms with Crippen LogP contribution < -0.4 is 9.62 Å². The number of aromatic nitrogens is 1. The van der Waals surface area contributed by atoms with Gasteiger partial charge in [-0.05, 0) is 31.9 Å². The fourth-order valence-electron chi connectivity index (χ4n) is 2.25. The first-order chi connectivity index (χ1) is 9.38. The van der Waals surface area contributed by atoms with Gasteiger partial charge in [0, 0.05) is 38.9 Å². The summed E-state index contributed by atoms with van der Waals surface area (Å²) >= 11 is 0. The molecule has 1 aromatic rings. The Morgan fingerprint density at radius 2 is 1.95 bits per heavy atom. The summed E-state index contributed by atoms with van der Waals surface area (Å²) in [5.41, 5.74) is 0.998. The maximum absolute atomic E-state index is 11.8. The molecule has 112 valence electrons. The molecular formula is C13H22N4O2S. The summed E-state index contributed by atoms with van der Waals surface area (Å²) in [5.74, 6) is 0.971. The number of hydrogen-bond donors (Lipinski definition) is 1. The molecule has 0 saturated carbocycles. The normalized spacial score (nSPS) is 17.7. The van der Waals surface area contributed by atoms with Crippen LogP contribution in [0.3, 0.4) is 0 Å². The van der Waals surface area contributed by atoms with Gasteiger partial charge in [-0.1, -0.05) is 6.07 Å². The standard InChI is InChI=1S/C13H22N4O2S/c1-11-5-4-6-13(14-11)17-9-7-12(8-10-17)15-20(18,19)16(2)3/h4-6,12,15H,7-10H2,1-3H3. The molecule has 1 N–H and O–H groups in total. The van der Waals surface area contributed by atoms with E-state index in [0.29, 0.717) is 0 Å². The maximum Gasteiger partial charge on any atom is 0.279 e. The van der Waals surface area contributed by atoms with Gasteiger partial charge < -0.3 is 4.90 Å². The maximum atomic E-state index is 11.8. The Morgan fingerprint density at radius 3 is 2.50 bits per heavy atom. The van der Waals surface area contributed by atoms with E-state index >= 15 is 0 Å². The molecule has 1 fully saturated rings. The molecule has 7 heteroatoms. The van der Waals surface area contributed by atoms with Gasteiger partial charge in [0.25, 0.3) is 10.2 Å². The molecule has 0 amide bonds. The summed E-state index contributed by atoms with van der Waals surface area (Å²) in [6, 6.07) is 5.97. The van der Waals surface area contributed by atoms with Crippen molar-refractivity contribution in [2.45, 2.75) is 25.8 Å². The molecule has 6 nitrogen and oxygen atoms in total. The Kier molecular flexibility index (Phi) is 4.62. The van der Waals surface area contributed by atoms with E-state index in [9.17, 15) is 8.42 Å². The van der Waals surface area contributed by atoms with Crippen molar-refractivity contribution in [3.8, 4) is 0 Å². The van der Waals surface area contributed by atoms with Crippen molar-refractivity contribution < 1.29 is 8.42 Å². The molecule has 0 spiro atoms. The molecule has 0 unspecified atom stereocenters. The Morgan fingerprint density at radius 1 is 1.30 bits per heavy atom. The highest BCUT2D eigenvalue weighted by Crippen LogP contribution is 2.18. The van der Waals surface area contributed by atoms with E-state index < -0.39 is 10.2 Å². The van der Waals surface area contributed by atoms with Gasteiger partial charge in [0.1, 0.15) is 5.82 Å². The third-order valence-corrected chi connectivity index (χ3v) is 5.08. The van der Waals surface area contributed by atoms with Gasteiger partial charge in [0.15, 0.2) is 0 Å². The van der Waals surface area contributed by atoms with Crippen molar-refractivity contribution in [2.75, 3.05) is 32.1 Å². The Bertz CT molecular complexity index is 551. The smallest absolute Gasteiger partial charge is 0.279 e. The second-order valence-electron chi connectivity index (χ2n) is 5.30. The van der Waals surface area contributed by atoms with Gasteiger partial charge >= 0.3 is 0 Å². The van der Waals surface area contributed by atoms with E-state index in [1.165, 1.54) is 18.4 Å². The minimum Gasteiger partial charge on any atom is -0.356 e. The lowest BCUT2D eigenvalue weighted by Gasteiger charge is -2.33. The minimum absolute atomic E-state index is 0.00320. The molecule has 0 atom stereocenters. The molecule has 1 saturated heterocycles. The highest BCUT2D eigenvalue weighted by Gasteiger charge is 2.25. The number of hydrogen-bond acceptors (Lipinski definition) is 4. The summed E-state index contributed by atoms with van der Waals surface area (Å²) in [5, 5.41) is 0. The number of anilines is 1. The van der Waals surface area contributed by atoms with Gasteiger partial charge in [-0.3, -0.25) is 0 Å². The molecule has 1 aliphatic rings. The fraction of sp³-hybridized carbons (Fsp3) is 0.615. The second kappa shape index (κ2) is 6.07. The van der Waals surface area contributed by atoms with Crippen LogP contribution in [0.1, 0.15) is 18.5 Å². The van der Waals surface area contributed by atoms with Gasteiger partial charge in [0.05, 0.1) is 0 Å². The summed E-state index contributed by atoms with van der Waals surface area (Å²) in [7, 11) is -0.266. The van der Waals surface area contributed by atoms with E-state index in [4.69, 9.17) is 0 Å². The molecule has 0 radical (unpaired) electrons. The average molecular weight is 298 g/mol. The quantitative estimate of drug-likeness (QED) is 0.891. The molecule has 0 bridgehead atoms. The van der Waals surface area contributed by atoms with E-state index in [1.807, 2.05) is 25.1 Å². The van der Waals surface area contributed by atoms with Gasteiger partial charge in [-0.15, -0.1) is 0 Å². The van der Waals surface area contributed by atoms with Crippen molar-refractivity contribution in [3.05, 3.63) is 23.9 Å². The SMILES string of the molecule is Cc1cccc(N2CCC(NS(=O)(=O)N(C)C)CC2)n1. The van der Waals surface area contributed by atoms with E-state index in [0.717, 1.165) is 37.4 Å². The van der Waals surface area contributed by atoms with Gasteiger partial charge in [-0.25, -0.2) is 4.98 Å². The lowest BCUT2D eigenvalue weighted by molar-refractivity contribution is 0.436. The van der Waals surface area contributed by atoms with Crippen molar-refractivity contribution in [2.24, 2.45) is 0 Å². The van der Waals surface area contributed by atoms with Crippen LogP contribution in [0.4, 0.5) is 5.82 Å². The van der Waals surface area contributed by atoms with Crippen LogP contribution in [0.2, 0.25) is 0 Å². The van der Waals surface area contributed by atoms with Crippen molar-refractivity contribution in [1.29, 1.82) is 0 Å². The number of piperidine rings is 1. The van der Waals surface area contributed by atoms with Crippen LogP contribution in [-0.2, 0) is 10.2 Å². The number of rotatable bonds is 4. The van der Waals surface area contributed by atoms with Crippen LogP contribution in [0, 0.1) is 6.92 Å². The first-order valence-corrected chi connectivity index (χ1v) is 8.21. The van der Waals surface area contributed by atoms with Crippen molar-refractivity contribution in [3.63, 3.8) is 0 Å². The molecule has 2 rings (SSSR count). The molecule has 20 heavy (non-hydrogen) atoms. The average Bonchev–Trinajstić information content (AvgIpc) is 2.39. The van der Waals surface area contributed by atoms with Crippen LogP contribution in [0.15, 0.2) is 18.2 Å². The molecule has 2 heterocycles. The van der Waals surface area contributed by atoms with Crippen molar-refractivity contribution in [1.82, 2.24) is 14.0 Å². The lowest BCUT2D eigenvalue weighted by Crippen LogP contribution is -2.48. The summed E-state index contributed by atoms with van der Waals surface area (Å²) in [4.78, 5) is 6.71. The summed E-state index contributed by atoms with van der Waals surface area (Å²) in [6.45, 7) is 3.61. The highest BCUT2D eigenvalue weighted by molar-refractivity contribution is 7.87. The predicted molar refractivity (Wildman–Crippen MR) is 80.0 cm³/mol. The first kappa shape index (κ1) is 15.2. The largest absolute Gasteiger partial charge is 0.356 e. The zero-order chi connectivity index (χ0) is 14.8. The first-order valence-electron chi connectivity index (χ1n) is 6.77. The van der Waals surface area contributed by atoms with Gasteiger partial charge in [-0.2, -0.15) is 17.4 Å². The van der Waals surface area contributed by atoms with Crippen LogP contribution in [0.5, 0.6) is 0 Å². The number of nitrogens with one attached hydrogen (secondary N) is 1. The summed E-state index contributed by atoms with van der Waals surface area (Å²) < 4.78 is 27.5. The minimum atomic E-state index is -3.34. The van der Waals surface area contributed by atoms with Crippen molar-refractivity contribution >= 4 is 16.0 Å². The van der Waals surface area contributed by atoms with E-state index in [2.05, 4.69) is 14.6 Å². The third kappa shape index (κ3) is 3.68. The predicted octanol–water partition coefficient (Wildman–Crippen LogP) is 0.755. The van der Waals surface area contributed by atoms with Gasteiger partial charge in [0.2, 0.25) is 0 Å². The highest BCUT2D eigenvalue weighted by atomic mass is 32.2. The Labute approximate surface area is 121 Å². The number of aryl methyl sites for hydroxylation is 1. The summed E-state index contributed by atoms with van der Waals surface area (Å²) in [6.07, 6.45) is 1.59. The zero-order valence-electron chi connectivity index (χ0n) is 12.2. The molecule has 0 aliphatic carbocycles. The second-order valence-corrected chi connectivity index (χ2v) is 7.22. The molecule has 1 aromatic heterocycles. The van der Waals surface area contributed by atoms with Crippen LogP contribution in [-0.4, -0.2) is 50.9 Å². The molecular weight excluding hydrogens is 276 g/mol. The topological polar surface area (TPSA) is 65.5 Å². The fourth-order valence-corrected chi connectivity index (χ4v) is 3.12. The van der Waals surface area contributed by atoms with E-state index in [-0.39, 0.29) is 6.04 Å². The monoisotopic (exact) mass is 298 g/mol.